The Kier molecular flexibility index (Phi) is 10.1. The lowest BCUT2D eigenvalue weighted by atomic mass is 9.96. The predicted octanol–water partition coefficient (Wildman–Crippen LogP) is 4.83. The van der Waals surface area contributed by atoms with Gasteiger partial charge in [0.2, 0.25) is 5.91 Å². The highest BCUT2D eigenvalue weighted by Gasteiger charge is 2.34. The standard InChI is InChI=1S/C37H46N4O4/c1-25-21-41(26(2)23-42)37(44)35-34(30-18-12-13-19-31(30)40(35)6)29-17-11-10-16-28(29)24-45-33(25)22-39(5)36(43)32(38(3)4)20-27-14-8-7-9-15-27/h7-19,25-26,32-33,42H,20-24H2,1-6H3/t25-,26-,32+,33-/m1/s1. The molecule has 1 aliphatic rings. The zero-order valence-electron chi connectivity index (χ0n) is 27.3. The Labute approximate surface area is 266 Å². The Hall–Kier alpha value is -3.98. The van der Waals surface area contributed by atoms with Crippen molar-refractivity contribution < 1.29 is 19.4 Å². The van der Waals surface area contributed by atoms with E-state index in [1.807, 2.05) is 111 Å². The molecule has 1 N–H and O–H groups in total. The van der Waals surface area contributed by atoms with Crippen LogP contribution in [0.1, 0.15) is 35.5 Å². The minimum Gasteiger partial charge on any atom is -0.394 e. The average Bonchev–Trinajstić information content (AvgIpc) is 3.34. The molecule has 0 fully saturated rings. The van der Waals surface area contributed by atoms with Gasteiger partial charge in [0.25, 0.3) is 5.91 Å². The van der Waals surface area contributed by atoms with Crippen molar-refractivity contribution in [3.05, 3.63) is 95.7 Å². The van der Waals surface area contributed by atoms with Crippen LogP contribution in [0.15, 0.2) is 78.9 Å². The summed E-state index contributed by atoms with van der Waals surface area (Å²) in [5, 5.41) is 11.3. The lowest BCUT2D eigenvalue weighted by Gasteiger charge is -2.36. The van der Waals surface area contributed by atoms with E-state index >= 15 is 0 Å². The Morgan fingerprint density at radius 1 is 1.00 bits per heavy atom. The van der Waals surface area contributed by atoms with Crippen LogP contribution in [0.4, 0.5) is 0 Å². The molecule has 2 heterocycles. The van der Waals surface area contributed by atoms with E-state index < -0.39 is 6.04 Å². The Morgan fingerprint density at radius 2 is 1.67 bits per heavy atom. The molecule has 3 aromatic carbocycles. The fourth-order valence-corrected chi connectivity index (χ4v) is 6.47. The van der Waals surface area contributed by atoms with Gasteiger partial charge < -0.3 is 24.2 Å². The van der Waals surface area contributed by atoms with Crippen LogP contribution in [0.25, 0.3) is 22.0 Å². The first-order valence-electron chi connectivity index (χ1n) is 15.8. The maximum Gasteiger partial charge on any atom is 0.271 e. The van der Waals surface area contributed by atoms with E-state index in [1.165, 1.54) is 0 Å². The number of aliphatic hydroxyl groups is 1. The summed E-state index contributed by atoms with van der Waals surface area (Å²) in [5.74, 6) is -0.244. The molecule has 1 aliphatic heterocycles. The second-order valence-electron chi connectivity index (χ2n) is 12.7. The van der Waals surface area contributed by atoms with Crippen molar-refractivity contribution in [3.8, 4) is 11.1 Å². The third-order valence-corrected chi connectivity index (χ3v) is 9.24. The quantitative estimate of drug-likeness (QED) is 0.309. The highest BCUT2D eigenvalue weighted by atomic mass is 16.5. The van der Waals surface area contributed by atoms with Gasteiger partial charge in [-0.2, -0.15) is 0 Å². The van der Waals surface area contributed by atoms with Gasteiger partial charge in [0.1, 0.15) is 5.69 Å². The van der Waals surface area contributed by atoms with Crippen LogP contribution >= 0.6 is 0 Å². The predicted molar refractivity (Wildman–Crippen MR) is 179 cm³/mol. The number of carbonyl (C=O) groups excluding carboxylic acids is 2. The van der Waals surface area contributed by atoms with Crippen molar-refractivity contribution in [3.63, 3.8) is 0 Å². The molecule has 0 radical (unpaired) electrons. The molecule has 2 amide bonds. The van der Waals surface area contributed by atoms with E-state index in [2.05, 4.69) is 19.1 Å². The molecule has 5 rings (SSSR count). The zero-order valence-corrected chi connectivity index (χ0v) is 27.3. The average molecular weight is 611 g/mol. The van der Waals surface area contributed by atoms with Crippen LogP contribution in [0.2, 0.25) is 0 Å². The van der Waals surface area contributed by atoms with Gasteiger partial charge >= 0.3 is 0 Å². The summed E-state index contributed by atoms with van der Waals surface area (Å²) in [6, 6.07) is 25.5. The molecular formula is C37H46N4O4. The molecule has 0 saturated carbocycles. The van der Waals surface area contributed by atoms with Gasteiger partial charge in [0.05, 0.1) is 31.4 Å². The number of nitrogens with zero attached hydrogens (tertiary/aromatic N) is 4. The molecular weight excluding hydrogens is 564 g/mol. The number of hydrogen-bond acceptors (Lipinski definition) is 5. The van der Waals surface area contributed by atoms with Crippen LogP contribution in [0.5, 0.6) is 0 Å². The second kappa shape index (κ2) is 14.0. The molecule has 0 aliphatic carbocycles. The van der Waals surface area contributed by atoms with E-state index in [0.717, 1.165) is 33.2 Å². The van der Waals surface area contributed by atoms with E-state index in [-0.39, 0.29) is 36.5 Å². The number of hydrogen-bond donors (Lipinski definition) is 1. The van der Waals surface area contributed by atoms with Crippen molar-refractivity contribution in [2.45, 2.75) is 45.1 Å². The highest BCUT2D eigenvalue weighted by molar-refractivity contribution is 6.10. The molecule has 8 nitrogen and oxygen atoms in total. The molecule has 0 spiro atoms. The molecule has 1 aromatic heterocycles. The largest absolute Gasteiger partial charge is 0.394 e. The van der Waals surface area contributed by atoms with Gasteiger partial charge in [-0.1, -0.05) is 79.7 Å². The van der Waals surface area contributed by atoms with Crippen molar-refractivity contribution in [2.75, 3.05) is 40.8 Å². The number of para-hydroxylation sites is 1. The number of ether oxygens (including phenoxy) is 1. The Bertz CT molecular complexity index is 1630. The second-order valence-corrected chi connectivity index (χ2v) is 12.7. The molecule has 45 heavy (non-hydrogen) atoms. The number of aromatic nitrogens is 1. The van der Waals surface area contributed by atoms with Gasteiger partial charge in [-0.05, 0) is 50.2 Å². The van der Waals surface area contributed by atoms with E-state index in [9.17, 15) is 14.7 Å². The first-order valence-corrected chi connectivity index (χ1v) is 15.8. The van der Waals surface area contributed by atoms with Crippen LogP contribution < -0.4 is 0 Å². The summed E-state index contributed by atoms with van der Waals surface area (Å²) in [7, 11) is 7.64. The number of likely N-dealkylation sites (N-methyl/N-ethyl adjacent to an activating group) is 2. The molecule has 8 heteroatoms. The minimum atomic E-state index is -0.411. The van der Waals surface area contributed by atoms with Crippen LogP contribution in [0.3, 0.4) is 0 Å². The molecule has 4 atom stereocenters. The first kappa shape index (κ1) is 32.4. The summed E-state index contributed by atoms with van der Waals surface area (Å²) < 4.78 is 8.68. The number of aryl methyl sites for hydroxylation is 1. The third-order valence-electron chi connectivity index (χ3n) is 9.24. The minimum absolute atomic E-state index is 0.0184. The molecule has 0 unspecified atom stereocenters. The van der Waals surface area contributed by atoms with Crippen LogP contribution in [-0.4, -0.2) is 95.2 Å². The zero-order chi connectivity index (χ0) is 32.2. The maximum atomic E-state index is 14.6. The number of amides is 2. The molecule has 238 valence electrons. The number of carbonyl (C=O) groups is 2. The normalized spacial score (nSPS) is 18.7. The Morgan fingerprint density at radius 3 is 2.38 bits per heavy atom. The Balaban J connectivity index is 1.52. The summed E-state index contributed by atoms with van der Waals surface area (Å²) >= 11 is 0. The lowest BCUT2D eigenvalue weighted by Crippen LogP contribution is -2.50. The highest BCUT2D eigenvalue weighted by Crippen LogP contribution is 2.38. The number of rotatable bonds is 8. The SMILES string of the molecule is C[C@@H]1CN([C@H](C)CO)C(=O)c2c(c3ccccc3n2C)-c2ccccc2CO[C@@H]1CN(C)C(=O)[C@H](Cc1ccccc1)N(C)C. The van der Waals surface area contributed by atoms with Crippen molar-refractivity contribution in [1.29, 1.82) is 0 Å². The van der Waals surface area contributed by atoms with E-state index in [1.54, 1.807) is 9.80 Å². The summed E-state index contributed by atoms with van der Waals surface area (Å²) in [4.78, 5) is 34.0. The maximum absolute atomic E-state index is 14.6. The smallest absolute Gasteiger partial charge is 0.271 e. The van der Waals surface area contributed by atoms with Gasteiger partial charge in [-0.25, -0.2) is 0 Å². The topological polar surface area (TPSA) is 78.2 Å². The molecule has 0 bridgehead atoms. The van der Waals surface area contributed by atoms with Gasteiger partial charge in [-0.15, -0.1) is 0 Å². The van der Waals surface area contributed by atoms with E-state index in [0.29, 0.717) is 31.8 Å². The van der Waals surface area contributed by atoms with Gasteiger partial charge in [-0.3, -0.25) is 14.5 Å². The fourth-order valence-electron chi connectivity index (χ4n) is 6.47. The van der Waals surface area contributed by atoms with Crippen LogP contribution in [-0.2, 0) is 29.6 Å². The summed E-state index contributed by atoms with van der Waals surface area (Å²) in [5.41, 5.74) is 5.47. The molecule has 0 saturated heterocycles. The number of fused-ring (bicyclic) bond motifs is 5. The number of benzene rings is 3. The first-order chi connectivity index (χ1) is 21.6. The molecule has 4 aromatic rings. The summed E-state index contributed by atoms with van der Waals surface area (Å²) in [6.45, 7) is 4.84. The van der Waals surface area contributed by atoms with Gasteiger partial charge in [0.15, 0.2) is 0 Å². The van der Waals surface area contributed by atoms with Crippen LogP contribution in [0, 0.1) is 5.92 Å². The lowest BCUT2D eigenvalue weighted by molar-refractivity contribution is -0.137. The summed E-state index contributed by atoms with van der Waals surface area (Å²) in [6.07, 6.45) is 0.249. The van der Waals surface area contributed by atoms with Crippen molar-refractivity contribution in [2.24, 2.45) is 13.0 Å². The van der Waals surface area contributed by atoms with Crippen molar-refractivity contribution in [1.82, 2.24) is 19.3 Å². The fraction of sp³-hybridized carbons (Fsp3) is 0.405. The van der Waals surface area contributed by atoms with Gasteiger partial charge in [0, 0.05) is 49.6 Å². The van der Waals surface area contributed by atoms with E-state index in [4.69, 9.17) is 4.74 Å². The van der Waals surface area contributed by atoms with Crippen molar-refractivity contribution >= 4 is 22.7 Å². The number of aliphatic hydroxyl groups excluding tert-OH is 1. The monoisotopic (exact) mass is 610 g/mol. The third kappa shape index (κ3) is 6.69.